The van der Waals surface area contributed by atoms with Gasteiger partial charge in [-0.2, -0.15) is 0 Å². The molecule has 1 aromatic rings. The Balaban J connectivity index is 2.93. The first-order valence-corrected chi connectivity index (χ1v) is 6.18. The van der Waals surface area contributed by atoms with E-state index in [1.54, 1.807) is 19.9 Å². The predicted octanol–water partition coefficient (Wildman–Crippen LogP) is 1.97. The Morgan fingerprint density at radius 2 is 2.11 bits per heavy atom. The largest absolute Gasteiger partial charge is 0.483 e. The minimum atomic E-state index is -1.09. The van der Waals surface area contributed by atoms with Crippen molar-refractivity contribution in [3.63, 3.8) is 0 Å². The molecule has 0 saturated carbocycles. The summed E-state index contributed by atoms with van der Waals surface area (Å²) in [5, 5.41) is 11.7. The Morgan fingerprint density at radius 1 is 1.44 bits per heavy atom. The standard InChI is InChI=1S/C12H14BrNO4/c1-3-14-10(15)6-18-11-7(2)4-8(13)5-9(11)12(16)17/h4-5H,3,6H2,1-2H3,(H,14,15)(H,16,17). The molecule has 0 radical (unpaired) electrons. The summed E-state index contributed by atoms with van der Waals surface area (Å²) in [4.78, 5) is 22.4. The van der Waals surface area contributed by atoms with Gasteiger partial charge in [0.2, 0.25) is 0 Å². The Kier molecular flexibility index (Phi) is 5.15. The molecule has 0 atom stereocenters. The average molecular weight is 316 g/mol. The zero-order valence-electron chi connectivity index (χ0n) is 10.1. The molecule has 0 spiro atoms. The molecule has 0 bridgehead atoms. The van der Waals surface area contributed by atoms with Gasteiger partial charge in [0.15, 0.2) is 6.61 Å². The number of carboxylic acids is 1. The van der Waals surface area contributed by atoms with Crippen LogP contribution in [0.5, 0.6) is 5.75 Å². The molecule has 1 aromatic carbocycles. The lowest BCUT2D eigenvalue weighted by atomic mass is 10.1. The number of hydrogen-bond acceptors (Lipinski definition) is 3. The van der Waals surface area contributed by atoms with Crippen molar-refractivity contribution in [2.24, 2.45) is 0 Å². The number of carbonyl (C=O) groups excluding carboxylic acids is 1. The molecule has 0 unspecified atom stereocenters. The SMILES string of the molecule is CCNC(=O)COc1c(C)cc(Br)cc1C(=O)O. The van der Waals surface area contributed by atoms with Crippen molar-refractivity contribution in [2.75, 3.05) is 13.2 Å². The summed E-state index contributed by atoms with van der Waals surface area (Å²) in [7, 11) is 0. The van der Waals surface area contributed by atoms with Crippen molar-refractivity contribution in [3.8, 4) is 5.75 Å². The lowest BCUT2D eigenvalue weighted by Crippen LogP contribution is -2.28. The number of aryl methyl sites for hydroxylation is 1. The van der Waals surface area contributed by atoms with Crippen molar-refractivity contribution in [1.29, 1.82) is 0 Å². The van der Waals surface area contributed by atoms with Crippen LogP contribution in [0.4, 0.5) is 0 Å². The van der Waals surface area contributed by atoms with Crippen LogP contribution in [-0.4, -0.2) is 30.1 Å². The molecule has 98 valence electrons. The number of halogens is 1. The fourth-order valence-electron chi connectivity index (χ4n) is 1.47. The van der Waals surface area contributed by atoms with E-state index in [1.807, 2.05) is 0 Å². The van der Waals surface area contributed by atoms with Crippen molar-refractivity contribution in [3.05, 3.63) is 27.7 Å². The third kappa shape index (κ3) is 3.73. The molecule has 6 heteroatoms. The molecule has 0 fully saturated rings. The van der Waals surface area contributed by atoms with Gasteiger partial charge >= 0.3 is 5.97 Å². The van der Waals surface area contributed by atoms with Crippen molar-refractivity contribution >= 4 is 27.8 Å². The number of likely N-dealkylation sites (N-methyl/N-ethyl adjacent to an activating group) is 1. The lowest BCUT2D eigenvalue weighted by molar-refractivity contribution is -0.123. The van der Waals surface area contributed by atoms with Gasteiger partial charge in [0.25, 0.3) is 5.91 Å². The number of rotatable bonds is 5. The third-order valence-electron chi connectivity index (χ3n) is 2.19. The Labute approximate surface area is 113 Å². The molecule has 0 aliphatic heterocycles. The normalized spacial score (nSPS) is 9.94. The zero-order chi connectivity index (χ0) is 13.7. The number of ether oxygens (including phenoxy) is 1. The Bertz CT molecular complexity index is 473. The van der Waals surface area contributed by atoms with E-state index in [4.69, 9.17) is 9.84 Å². The number of aromatic carboxylic acids is 1. The highest BCUT2D eigenvalue weighted by molar-refractivity contribution is 9.10. The fraction of sp³-hybridized carbons (Fsp3) is 0.333. The van der Waals surface area contributed by atoms with Crippen LogP contribution in [0.25, 0.3) is 0 Å². The topological polar surface area (TPSA) is 75.6 Å². The molecule has 0 saturated heterocycles. The second-order valence-corrected chi connectivity index (χ2v) is 4.56. The van der Waals surface area contributed by atoms with Gasteiger partial charge in [-0.05, 0) is 31.5 Å². The third-order valence-corrected chi connectivity index (χ3v) is 2.65. The van der Waals surface area contributed by atoms with E-state index >= 15 is 0 Å². The van der Waals surface area contributed by atoms with Gasteiger partial charge < -0.3 is 15.2 Å². The van der Waals surface area contributed by atoms with Crippen LogP contribution in [0, 0.1) is 6.92 Å². The second kappa shape index (κ2) is 6.39. The molecule has 1 rings (SSSR count). The van der Waals surface area contributed by atoms with Crippen molar-refractivity contribution < 1.29 is 19.4 Å². The number of amides is 1. The van der Waals surface area contributed by atoms with Crippen LogP contribution >= 0.6 is 15.9 Å². The highest BCUT2D eigenvalue weighted by atomic mass is 79.9. The molecule has 0 aliphatic carbocycles. The fourth-order valence-corrected chi connectivity index (χ4v) is 2.04. The van der Waals surface area contributed by atoms with E-state index in [2.05, 4.69) is 21.2 Å². The van der Waals surface area contributed by atoms with Gasteiger partial charge in [0.05, 0.1) is 0 Å². The van der Waals surface area contributed by atoms with Crippen LogP contribution in [-0.2, 0) is 4.79 Å². The van der Waals surface area contributed by atoms with Gasteiger partial charge in [-0.1, -0.05) is 15.9 Å². The van der Waals surface area contributed by atoms with E-state index < -0.39 is 5.97 Å². The van der Waals surface area contributed by atoms with Gasteiger partial charge in [0, 0.05) is 11.0 Å². The maximum atomic E-state index is 11.3. The average Bonchev–Trinajstić information content (AvgIpc) is 2.27. The first-order valence-electron chi connectivity index (χ1n) is 5.38. The smallest absolute Gasteiger partial charge is 0.339 e. The number of benzene rings is 1. The van der Waals surface area contributed by atoms with Crippen molar-refractivity contribution in [1.82, 2.24) is 5.32 Å². The van der Waals surface area contributed by atoms with Crippen LogP contribution in [0.1, 0.15) is 22.8 Å². The van der Waals surface area contributed by atoms with Gasteiger partial charge in [0.1, 0.15) is 11.3 Å². The summed E-state index contributed by atoms with van der Waals surface area (Å²) < 4.78 is 5.94. The van der Waals surface area contributed by atoms with Gasteiger partial charge in [-0.3, -0.25) is 4.79 Å². The maximum absolute atomic E-state index is 11.3. The summed E-state index contributed by atoms with van der Waals surface area (Å²) in [6.07, 6.45) is 0. The summed E-state index contributed by atoms with van der Waals surface area (Å²) in [6.45, 7) is 3.83. The van der Waals surface area contributed by atoms with E-state index in [-0.39, 0.29) is 23.8 Å². The van der Waals surface area contributed by atoms with Gasteiger partial charge in [-0.25, -0.2) is 4.79 Å². The molecule has 0 aliphatic rings. The first kappa shape index (κ1) is 14.5. The minimum absolute atomic E-state index is 0.0335. The quantitative estimate of drug-likeness (QED) is 0.871. The number of nitrogens with one attached hydrogen (secondary N) is 1. The zero-order valence-corrected chi connectivity index (χ0v) is 11.7. The van der Waals surface area contributed by atoms with E-state index in [9.17, 15) is 9.59 Å². The summed E-state index contributed by atoms with van der Waals surface area (Å²) >= 11 is 3.22. The number of carboxylic acid groups (broad SMARTS) is 1. The highest BCUT2D eigenvalue weighted by Gasteiger charge is 2.16. The van der Waals surface area contributed by atoms with Crippen LogP contribution in [0.2, 0.25) is 0 Å². The second-order valence-electron chi connectivity index (χ2n) is 3.65. The minimum Gasteiger partial charge on any atom is -0.483 e. The monoisotopic (exact) mass is 315 g/mol. The van der Waals surface area contributed by atoms with Crippen LogP contribution in [0.3, 0.4) is 0 Å². The molecule has 2 N–H and O–H groups in total. The first-order chi connectivity index (χ1) is 8.45. The highest BCUT2D eigenvalue weighted by Crippen LogP contribution is 2.28. The predicted molar refractivity (Wildman–Crippen MR) is 70.0 cm³/mol. The van der Waals surface area contributed by atoms with Gasteiger partial charge in [-0.15, -0.1) is 0 Å². The van der Waals surface area contributed by atoms with E-state index in [1.165, 1.54) is 6.07 Å². The molecule has 0 heterocycles. The van der Waals surface area contributed by atoms with E-state index in [0.29, 0.717) is 16.6 Å². The van der Waals surface area contributed by atoms with Crippen LogP contribution in [0.15, 0.2) is 16.6 Å². The summed E-state index contributed by atoms with van der Waals surface area (Å²) in [6, 6.07) is 3.18. The van der Waals surface area contributed by atoms with E-state index in [0.717, 1.165) is 0 Å². The molecule has 18 heavy (non-hydrogen) atoms. The molecular weight excluding hydrogens is 302 g/mol. The molecule has 1 amide bonds. The van der Waals surface area contributed by atoms with Crippen molar-refractivity contribution in [2.45, 2.75) is 13.8 Å². The number of hydrogen-bond donors (Lipinski definition) is 2. The lowest BCUT2D eigenvalue weighted by Gasteiger charge is -2.12. The van der Waals surface area contributed by atoms with Crippen LogP contribution < -0.4 is 10.1 Å². The molecule has 5 nitrogen and oxygen atoms in total. The molecule has 0 aromatic heterocycles. The summed E-state index contributed by atoms with van der Waals surface area (Å²) in [5.41, 5.74) is 0.692. The molecular formula is C12H14BrNO4. The number of carbonyl (C=O) groups is 2. The Morgan fingerprint density at radius 3 is 2.67 bits per heavy atom. The Hall–Kier alpha value is -1.56. The maximum Gasteiger partial charge on any atom is 0.339 e. The summed E-state index contributed by atoms with van der Waals surface area (Å²) in [5.74, 6) is -1.15.